The number of likely N-dealkylation sites (tertiary alicyclic amines) is 1. The Morgan fingerprint density at radius 2 is 1.76 bits per heavy atom. The fourth-order valence-electron chi connectivity index (χ4n) is 4.06. The molecular weight excluding hydrogens is 314 g/mol. The SMILES string of the molecule is CC(C)(C)OC(=O)CCOc1ccc(CN2C[C@H]3CCC[C@H]3C2)cc1. The predicted octanol–water partition coefficient (Wildman–Crippen LogP) is 4.03. The highest BCUT2D eigenvalue weighted by Crippen LogP contribution is 2.38. The summed E-state index contributed by atoms with van der Waals surface area (Å²) in [7, 11) is 0. The molecule has 1 aliphatic heterocycles. The van der Waals surface area contributed by atoms with E-state index in [1.54, 1.807) is 0 Å². The molecule has 0 aromatic heterocycles. The van der Waals surface area contributed by atoms with E-state index < -0.39 is 5.60 Å². The van der Waals surface area contributed by atoms with Crippen molar-refractivity contribution >= 4 is 5.97 Å². The first kappa shape index (κ1) is 18.2. The summed E-state index contributed by atoms with van der Waals surface area (Å²) in [6, 6.07) is 8.27. The topological polar surface area (TPSA) is 38.8 Å². The Bertz CT molecular complexity index is 564. The lowest BCUT2D eigenvalue weighted by Crippen LogP contribution is -2.24. The second-order valence-electron chi connectivity index (χ2n) is 8.47. The highest BCUT2D eigenvalue weighted by molar-refractivity contribution is 5.69. The van der Waals surface area contributed by atoms with Crippen molar-refractivity contribution in [3.8, 4) is 5.75 Å². The summed E-state index contributed by atoms with van der Waals surface area (Å²) in [6.45, 7) is 9.53. The van der Waals surface area contributed by atoms with E-state index >= 15 is 0 Å². The first-order valence-corrected chi connectivity index (χ1v) is 9.55. The lowest BCUT2D eigenvalue weighted by Gasteiger charge is -2.19. The van der Waals surface area contributed by atoms with Gasteiger partial charge >= 0.3 is 5.97 Å². The maximum atomic E-state index is 11.7. The number of carbonyl (C=O) groups is 1. The van der Waals surface area contributed by atoms with Crippen molar-refractivity contribution in [2.45, 2.75) is 58.6 Å². The summed E-state index contributed by atoms with van der Waals surface area (Å²) in [4.78, 5) is 14.3. The maximum absolute atomic E-state index is 11.7. The van der Waals surface area contributed by atoms with Gasteiger partial charge in [0.1, 0.15) is 11.4 Å². The van der Waals surface area contributed by atoms with Gasteiger partial charge in [-0.2, -0.15) is 0 Å². The lowest BCUT2D eigenvalue weighted by molar-refractivity contribution is -0.155. The van der Waals surface area contributed by atoms with Crippen molar-refractivity contribution in [3.63, 3.8) is 0 Å². The van der Waals surface area contributed by atoms with Gasteiger partial charge in [-0.3, -0.25) is 9.69 Å². The lowest BCUT2D eigenvalue weighted by atomic mass is 10.0. The van der Waals surface area contributed by atoms with Crippen LogP contribution < -0.4 is 4.74 Å². The number of carbonyl (C=O) groups excluding carboxylic acids is 1. The average molecular weight is 345 g/mol. The van der Waals surface area contributed by atoms with Crippen molar-refractivity contribution < 1.29 is 14.3 Å². The van der Waals surface area contributed by atoms with Gasteiger partial charge < -0.3 is 9.47 Å². The fourth-order valence-corrected chi connectivity index (χ4v) is 4.06. The van der Waals surface area contributed by atoms with Gasteiger partial charge in [0.15, 0.2) is 0 Å². The molecule has 4 nitrogen and oxygen atoms in total. The summed E-state index contributed by atoms with van der Waals surface area (Å²) in [5.41, 5.74) is 0.895. The molecule has 2 fully saturated rings. The molecule has 4 heteroatoms. The zero-order chi connectivity index (χ0) is 17.9. The number of hydrogen-bond donors (Lipinski definition) is 0. The molecule has 1 heterocycles. The smallest absolute Gasteiger partial charge is 0.309 e. The van der Waals surface area contributed by atoms with E-state index in [1.165, 1.54) is 37.9 Å². The molecule has 0 N–H and O–H groups in total. The van der Waals surface area contributed by atoms with Gasteiger partial charge in [-0.05, 0) is 63.1 Å². The van der Waals surface area contributed by atoms with Crippen LogP contribution in [0.2, 0.25) is 0 Å². The Balaban J connectivity index is 1.39. The number of benzene rings is 1. The summed E-state index contributed by atoms with van der Waals surface area (Å²) >= 11 is 0. The van der Waals surface area contributed by atoms with Crippen LogP contribution in [0.4, 0.5) is 0 Å². The summed E-state index contributed by atoms with van der Waals surface area (Å²) in [5, 5.41) is 0. The van der Waals surface area contributed by atoms with E-state index in [4.69, 9.17) is 9.47 Å². The van der Waals surface area contributed by atoms with Gasteiger partial charge in [0.05, 0.1) is 13.0 Å². The highest BCUT2D eigenvalue weighted by Gasteiger charge is 2.35. The predicted molar refractivity (Wildman–Crippen MR) is 98.5 cm³/mol. The molecule has 1 aromatic rings. The van der Waals surface area contributed by atoms with E-state index in [9.17, 15) is 4.79 Å². The van der Waals surface area contributed by atoms with Crippen LogP contribution in [0.1, 0.15) is 52.0 Å². The number of ether oxygens (including phenoxy) is 2. The first-order chi connectivity index (χ1) is 11.9. The van der Waals surface area contributed by atoms with Crippen LogP contribution in [-0.4, -0.2) is 36.2 Å². The largest absolute Gasteiger partial charge is 0.493 e. The number of nitrogens with zero attached hydrogens (tertiary/aromatic N) is 1. The minimum Gasteiger partial charge on any atom is -0.493 e. The zero-order valence-corrected chi connectivity index (χ0v) is 15.8. The number of hydrogen-bond acceptors (Lipinski definition) is 4. The molecular formula is C21H31NO3. The second kappa shape index (κ2) is 7.77. The van der Waals surface area contributed by atoms with E-state index in [-0.39, 0.29) is 12.4 Å². The highest BCUT2D eigenvalue weighted by atomic mass is 16.6. The molecule has 138 valence electrons. The average Bonchev–Trinajstić information content (AvgIpc) is 3.08. The molecule has 1 saturated carbocycles. The van der Waals surface area contributed by atoms with Crippen LogP contribution in [0.15, 0.2) is 24.3 Å². The number of esters is 1. The molecule has 1 saturated heterocycles. The minimum atomic E-state index is -0.438. The second-order valence-corrected chi connectivity index (χ2v) is 8.47. The molecule has 0 spiro atoms. The Labute approximate surface area is 151 Å². The Morgan fingerprint density at radius 1 is 1.12 bits per heavy atom. The van der Waals surface area contributed by atoms with Gasteiger partial charge in [0.2, 0.25) is 0 Å². The minimum absolute atomic E-state index is 0.219. The molecule has 0 radical (unpaired) electrons. The maximum Gasteiger partial charge on any atom is 0.309 e. The van der Waals surface area contributed by atoms with Crippen molar-refractivity contribution in [2.75, 3.05) is 19.7 Å². The standard InChI is InChI=1S/C21H31NO3/c1-21(2,3)25-20(23)11-12-24-19-9-7-16(8-10-19)13-22-14-17-5-4-6-18(17)15-22/h7-10,17-18H,4-6,11-15H2,1-3H3/t17-,18+. The van der Waals surface area contributed by atoms with Gasteiger partial charge in [-0.15, -0.1) is 0 Å². The van der Waals surface area contributed by atoms with E-state index in [1.807, 2.05) is 32.9 Å². The third-order valence-electron chi connectivity index (χ3n) is 5.13. The third-order valence-corrected chi connectivity index (χ3v) is 5.13. The molecule has 0 unspecified atom stereocenters. The Morgan fingerprint density at radius 3 is 2.36 bits per heavy atom. The monoisotopic (exact) mass is 345 g/mol. The van der Waals surface area contributed by atoms with Crippen LogP contribution in [0.3, 0.4) is 0 Å². The van der Waals surface area contributed by atoms with Crippen LogP contribution in [0.25, 0.3) is 0 Å². The molecule has 2 aliphatic rings. The van der Waals surface area contributed by atoms with Crippen LogP contribution in [0, 0.1) is 11.8 Å². The Kier molecular flexibility index (Phi) is 5.67. The number of fused-ring (bicyclic) bond motifs is 1. The van der Waals surface area contributed by atoms with Crippen LogP contribution >= 0.6 is 0 Å². The molecule has 0 bridgehead atoms. The summed E-state index contributed by atoms with van der Waals surface area (Å²) in [5.74, 6) is 2.47. The van der Waals surface area contributed by atoms with E-state index in [2.05, 4.69) is 17.0 Å². The Hall–Kier alpha value is -1.55. The van der Waals surface area contributed by atoms with Crippen molar-refractivity contribution in [1.29, 1.82) is 0 Å². The molecule has 25 heavy (non-hydrogen) atoms. The van der Waals surface area contributed by atoms with Crippen molar-refractivity contribution in [2.24, 2.45) is 11.8 Å². The quantitative estimate of drug-likeness (QED) is 0.730. The normalized spacial score (nSPS) is 23.5. The van der Waals surface area contributed by atoms with Gasteiger partial charge in [0.25, 0.3) is 0 Å². The van der Waals surface area contributed by atoms with E-state index in [0.717, 1.165) is 24.1 Å². The van der Waals surface area contributed by atoms with Crippen LogP contribution in [0.5, 0.6) is 5.75 Å². The van der Waals surface area contributed by atoms with Gasteiger partial charge in [0, 0.05) is 19.6 Å². The molecule has 1 aliphatic carbocycles. The van der Waals surface area contributed by atoms with E-state index in [0.29, 0.717) is 6.61 Å². The van der Waals surface area contributed by atoms with Crippen molar-refractivity contribution in [3.05, 3.63) is 29.8 Å². The zero-order valence-electron chi connectivity index (χ0n) is 15.8. The summed E-state index contributed by atoms with van der Waals surface area (Å²) in [6.07, 6.45) is 4.55. The van der Waals surface area contributed by atoms with Gasteiger partial charge in [-0.1, -0.05) is 18.6 Å². The summed E-state index contributed by atoms with van der Waals surface area (Å²) < 4.78 is 10.9. The molecule has 2 atom stereocenters. The van der Waals surface area contributed by atoms with Gasteiger partial charge in [-0.25, -0.2) is 0 Å². The first-order valence-electron chi connectivity index (χ1n) is 9.55. The van der Waals surface area contributed by atoms with Crippen molar-refractivity contribution in [1.82, 2.24) is 4.90 Å². The molecule has 1 aromatic carbocycles. The molecule has 0 amide bonds. The fraction of sp³-hybridized carbons (Fsp3) is 0.667. The molecule has 3 rings (SSSR count). The van der Waals surface area contributed by atoms with Crippen LogP contribution in [-0.2, 0) is 16.1 Å². The third kappa shape index (κ3) is 5.46. The number of rotatable bonds is 6.